The van der Waals surface area contributed by atoms with Crippen LogP contribution in [0.1, 0.15) is 0 Å². The topological polar surface area (TPSA) is 195 Å². The number of hydrogen-bond donors (Lipinski definition) is 7. The minimum absolute atomic E-state index is 0.460. The van der Waals surface area contributed by atoms with E-state index >= 15 is 0 Å². The van der Waals surface area contributed by atoms with Crippen LogP contribution in [0.25, 0.3) is 0 Å². The molecule has 12 nitrogen and oxygen atoms in total. The van der Waals surface area contributed by atoms with Crippen LogP contribution in [-0.2, 0) is 15.2 Å². The van der Waals surface area contributed by atoms with E-state index in [1.807, 2.05) is 4.98 Å². The van der Waals surface area contributed by atoms with E-state index in [1.165, 1.54) is 0 Å². The number of aliphatic hydroxyl groups excluding tert-OH is 6. The quantitative estimate of drug-likeness (QED) is 0.268. The molecule has 0 radical (unpaired) electrons. The molecular formula is C14H20N2O10. The van der Waals surface area contributed by atoms with Gasteiger partial charge in [0.15, 0.2) is 0 Å². The monoisotopic (exact) mass is 376 g/mol. The van der Waals surface area contributed by atoms with Crippen molar-refractivity contribution in [1.29, 1.82) is 0 Å². The van der Waals surface area contributed by atoms with Gasteiger partial charge in [-0.2, -0.15) is 0 Å². The second-order valence-corrected chi connectivity index (χ2v) is 6.31. The number of nitrogens with one attached hydrogen (secondary N) is 1. The SMILES string of the molecule is O=c1ccn([C@]2(C3OC[C@@H](O)[C@@H](O)[C@@H]3O)O[C@H](CO)[C@@H](O)[C@H]2O)c(=O)[nH]1. The van der Waals surface area contributed by atoms with Crippen LogP contribution in [0.5, 0.6) is 0 Å². The van der Waals surface area contributed by atoms with E-state index in [2.05, 4.69) is 0 Å². The van der Waals surface area contributed by atoms with Crippen molar-refractivity contribution in [3.8, 4) is 0 Å². The highest BCUT2D eigenvalue weighted by atomic mass is 16.6. The van der Waals surface area contributed by atoms with Gasteiger partial charge in [0.2, 0.25) is 5.72 Å². The maximum Gasteiger partial charge on any atom is 0.330 e. The molecule has 0 aliphatic carbocycles. The third-order valence-corrected chi connectivity index (χ3v) is 4.76. The van der Waals surface area contributed by atoms with E-state index in [4.69, 9.17) is 9.47 Å². The first-order valence-corrected chi connectivity index (χ1v) is 7.87. The smallest absolute Gasteiger partial charge is 0.330 e. The lowest BCUT2D eigenvalue weighted by atomic mass is 9.87. The molecule has 0 spiro atoms. The summed E-state index contributed by atoms with van der Waals surface area (Å²) in [4.78, 5) is 25.6. The Morgan fingerprint density at radius 3 is 2.42 bits per heavy atom. The molecule has 2 fully saturated rings. The molecule has 2 saturated heterocycles. The van der Waals surface area contributed by atoms with Crippen molar-refractivity contribution in [3.05, 3.63) is 33.1 Å². The van der Waals surface area contributed by atoms with Gasteiger partial charge in [0.05, 0.1) is 13.2 Å². The van der Waals surface area contributed by atoms with Gasteiger partial charge < -0.3 is 40.1 Å². The van der Waals surface area contributed by atoms with Gasteiger partial charge >= 0.3 is 5.69 Å². The van der Waals surface area contributed by atoms with Crippen LogP contribution in [0.3, 0.4) is 0 Å². The van der Waals surface area contributed by atoms with Crippen LogP contribution in [0.15, 0.2) is 21.9 Å². The molecule has 0 bridgehead atoms. The molecule has 0 aromatic carbocycles. The summed E-state index contributed by atoms with van der Waals surface area (Å²) < 4.78 is 11.6. The fourth-order valence-corrected chi connectivity index (χ4v) is 3.41. The predicted molar refractivity (Wildman–Crippen MR) is 81.0 cm³/mol. The number of nitrogens with zero attached hydrogens (tertiary/aromatic N) is 1. The molecule has 2 aliphatic rings. The molecule has 1 aromatic heterocycles. The van der Waals surface area contributed by atoms with Crippen LogP contribution in [0.4, 0.5) is 0 Å². The highest BCUT2D eigenvalue weighted by Gasteiger charge is 2.64. The van der Waals surface area contributed by atoms with E-state index in [1.54, 1.807) is 0 Å². The Balaban J connectivity index is 2.18. The zero-order valence-corrected chi connectivity index (χ0v) is 13.4. The summed E-state index contributed by atoms with van der Waals surface area (Å²) in [6.45, 7) is -1.19. The van der Waals surface area contributed by atoms with Crippen LogP contribution in [-0.4, -0.2) is 96.1 Å². The molecule has 26 heavy (non-hydrogen) atoms. The van der Waals surface area contributed by atoms with E-state index in [0.717, 1.165) is 12.3 Å². The molecule has 7 N–H and O–H groups in total. The first kappa shape index (κ1) is 19.1. The summed E-state index contributed by atoms with van der Waals surface area (Å²) in [6, 6.07) is 0.943. The number of rotatable bonds is 3. The van der Waals surface area contributed by atoms with E-state index in [-0.39, 0.29) is 0 Å². The number of ether oxygens (including phenoxy) is 2. The first-order valence-electron chi connectivity index (χ1n) is 7.87. The van der Waals surface area contributed by atoms with Gasteiger partial charge in [-0.05, 0) is 0 Å². The van der Waals surface area contributed by atoms with Crippen LogP contribution < -0.4 is 11.2 Å². The third-order valence-electron chi connectivity index (χ3n) is 4.76. The molecule has 2 aliphatic heterocycles. The first-order chi connectivity index (χ1) is 12.2. The van der Waals surface area contributed by atoms with Gasteiger partial charge in [0.25, 0.3) is 5.56 Å². The molecule has 12 heteroatoms. The lowest BCUT2D eigenvalue weighted by molar-refractivity contribution is -0.288. The molecule has 146 valence electrons. The van der Waals surface area contributed by atoms with Gasteiger partial charge in [0.1, 0.15) is 42.7 Å². The van der Waals surface area contributed by atoms with Crippen LogP contribution in [0.2, 0.25) is 0 Å². The van der Waals surface area contributed by atoms with E-state index in [0.29, 0.717) is 4.57 Å². The Kier molecular flexibility index (Phi) is 5.02. The summed E-state index contributed by atoms with van der Waals surface area (Å²) in [5.41, 5.74) is -4.07. The zero-order valence-electron chi connectivity index (χ0n) is 13.4. The highest BCUT2D eigenvalue weighted by Crippen LogP contribution is 2.41. The minimum atomic E-state index is -2.28. The Bertz CT molecular complexity index is 765. The summed E-state index contributed by atoms with van der Waals surface area (Å²) in [7, 11) is 0. The van der Waals surface area contributed by atoms with E-state index in [9.17, 15) is 40.2 Å². The maximum absolute atomic E-state index is 12.3. The average molecular weight is 376 g/mol. The molecule has 1 unspecified atom stereocenters. The van der Waals surface area contributed by atoms with Crippen molar-refractivity contribution < 1.29 is 40.1 Å². The van der Waals surface area contributed by atoms with Crippen molar-refractivity contribution in [3.63, 3.8) is 0 Å². The summed E-state index contributed by atoms with van der Waals surface area (Å²) >= 11 is 0. The van der Waals surface area contributed by atoms with Crippen molar-refractivity contribution in [2.75, 3.05) is 13.2 Å². The normalized spacial score (nSPS) is 43.5. The fourth-order valence-electron chi connectivity index (χ4n) is 3.41. The van der Waals surface area contributed by atoms with Crippen LogP contribution >= 0.6 is 0 Å². The Morgan fingerprint density at radius 2 is 1.85 bits per heavy atom. The number of aromatic amines is 1. The van der Waals surface area contributed by atoms with Crippen molar-refractivity contribution >= 4 is 0 Å². The summed E-state index contributed by atoms with van der Waals surface area (Å²) in [5.74, 6) is 0. The largest absolute Gasteiger partial charge is 0.394 e. The molecule has 0 amide bonds. The van der Waals surface area contributed by atoms with Gasteiger partial charge in [-0.15, -0.1) is 0 Å². The van der Waals surface area contributed by atoms with Crippen molar-refractivity contribution in [1.82, 2.24) is 9.55 Å². The van der Waals surface area contributed by atoms with E-state index < -0.39 is 72.9 Å². The van der Waals surface area contributed by atoms with Crippen LogP contribution in [0, 0.1) is 0 Å². The van der Waals surface area contributed by atoms with Gasteiger partial charge in [0, 0.05) is 12.3 Å². The lowest BCUT2D eigenvalue weighted by Crippen LogP contribution is -2.67. The standard InChI is InChI=1S/C14H20N2O10/c17-3-6-9(21)11(23)14(26-6,16-2-1-7(19)15-13(16)24)12-10(22)8(20)5(18)4-25-12/h1-2,5-6,8-12,17-18,20-23H,3-4H2,(H,15,19,24)/t5-,6-,8-,9-,10+,11-,12?,14+/m1/s1. The zero-order chi connectivity index (χ0) is 19.2. The van der Waals surface area contributed by atoms with Crippen molar-refractivity contribution in [2.24, 2.45) is 0 Å². The molecule has 8 atom stereocenters. The summed E-state index contributed by atoms with van der Waals surface area (Å²) in [6.07, 6.45) is -10.5. The Morgan fingerprint density at radius 1 is 1.15 bits per heavy atom. The highest BCUT2D eigenvalue weighted by molar-refractivity contribution is 5.09. The Labute approximate surface area is 145 Å². The minimum Gasteiger partial charge on any atom is -0.394 e. The number of aromatic nitrogens is 2. The third kappa shape index (κ3) is 2.71. The van der Waals surface area contributed by atoms with Gasteiger partial charge in [-0.25, -0.2) is 4.79 Å². The molecular weight excluding hydrogens is 356 g/mol. The van der Waals surface area contributed by atoms with Gasteiger partial charge in [-0.1, -0.05) is 0 Å². The number of aliphatic hydroxyl groups is 6. The average Bonchev–Trinajstić information content (AvgIpc) is 2.85. The molecule has 0 saturated carbocycles. The van der Waals surface area contributed by atoms with Crippen molar-refractivity contribution in [2.45, 2.75) is 48.5 Å². The number of hydrogen-bond acceptors (Lipinski definition) is 10. The Hall–Kier alpha value is -1.64. The van der Waals surface area contributed by atoms with Gasteiger partial charge in [-0.3, -0.25) is 14.3 Å². The summed E-state index contributed by atoms with van der Waals surface area (Å²) in [5, 5.41) is 60.1. The second kappa shape index (κ2) is 6.83. The second-order valence-electron chi connectivity index (χ2n) is 6.31. The predicted octanol–water partition coefficient (Wildman–Crippen LogP) is -5.22. The molecule has 3 heterocycles. The lowest BCUT2D eigenvalue weighted by Gasteiger charge is -2.46. The number of H-pyrrole nitrogens is 1. The molecule has 3 rings (SSSR count). The molecule has 1 aromatic rings. The maximum atomic E-state index is 12.3. The fraction of sp³-hybridized carbons (Fsp3) is 0.714.